The van der Waals surface area contributed by atoms with Gasteiger partial charge in [0, 0.05) is 34.5 Å². The van der Waals surface area contributed by atoms with Crippen LogP contribution in [0.3, 0.4) is 0 Å². The summed E-state index contributed by atoms with van der Waals surface area (Å²) in [5.41, 5.74) is 1.15. The highest BCUT2D eigenvalue weighted by Crippen LogP contribution is 2.37. The number of carbonyl (C=O) groups is 1. The number of fused-ring (bicyclic) bond motifs is 2. The predicted octanol–water partition coefficient (Wildman–Crippen LogP) is 4.89. The van der Waals surface area contributed by atoms with Crippen LogP contribution in [-0.2, 0) is 16.0 Å². The van der Waals surface area contributed by atoms with E-state index in [-0.39, 0.29) is 0 Å². The zero-order chi connectivity index (χ0) is 20.6. The summed E-state index contributed by atoms with van der Waals surface area (Å²) in [5.74, 6) is 0.208. The summed E-state index contributed by atoms with van der Waals surface area (Å²) in [5, 5.41) is 0.798. The zero-order valence-electron chi connectivity index (χ0n) is 16.0. The van der Waals surface area contributed by atoms with Crippen molar-refractivity contribution in [1.82, 2.24) is 0 Å². The number of esters is 1. The van der Waals surface area contributed by atoms with E-state index in [1.165, 1.54) is 12.1 Å². The maximum Gasteiger partial charge on any atom is 0.336 e. The first kappa shape index (κ1) is 19.5. The number of hydrogen-bond acceptors (Lipinski definition) is 5. The second-order valence-corrected chi connectivity index (χ2v) is 8.39. The van der Waals surface area contributed by atoms with E-state index >= 15 is 0 Å². The number of halogens is 1. The lowest BCUT2D eigenvalue weighted by molar-refractivity contribution is -0.155. The summed E-state index contributed by atoms with van der Waals surface area (Å²) in [6.45, 7) is 3.75. The van der Waals surface area contributed by atoms with Crippen LogP contribution in [0.2, 0.25) is 0 Å². The van der Waals surface area contributed by atoms with E-state index in [0.717, 1.165) is 21.0 Å². The van der Waals surface area contributed by atoms with E-state index in [1.807, 2.05) is 44.2 Å². The van der Waals surface area contributed by atoms with Gasteiger partial charge in [-0.3, -0.25) is 0 Å². The van der Waals surface area contributed by atoms with Gasteiger partial charge >= 0.3 is 11.6 Å². The Morgan fingerprint density at radius 2 is 1.93 bits per heavy atom. The van der Waals surface area contributed by atoms with Crippen molar-refractivity contribution in [2.24, 2.45) is 0 Å². The minimum atomic E-state index is -0.725. The molecule has 2 aromatic carbocycles. The lowest BCUT2D eigenvalue weighted by Crippen LogP contribution is -2.48. The zero-order valence-corrected chi connectivity index (χ0v) is 17.6. The van der Waals surface area contributed by atoms with Gasteiger partial charge in [0.25, 0.3) is 0 Å². The van der Waals surface area contributed by atoms with Crippen LogP contribution in [0.4, 0.5) is 0 Å². The van der Waals surface area contributed by atoms with Gasteiger partial charge in [0.2, 0.25) is 0 Å². The summed E-state index contributed by atoms with van der Waals surface area (Å²) in [6, 6.07) is 14.3. The van der Waals surface area contributed by atoms with Gasteiger partial charge in [-0.1, -0.05) is 28.1 Å². The Kier molecular flexibility index (Phi) is 5.04. The van der Waals surface area contributed by atoms with Gasteiger partial charge < -0.3 is 13.9 Å². The molecule has 6 heteroatoms. The smallest absolute Gasteiger partial charge is 0.336 e. The monoisotopic (exact) mass is 454 g/mol. The van der Waals surface area contributed by atoms with Crippen molar-refractivity contribution < 1.29 is 18.7 Å². The molecule has 148 valence electrons. The van der Waals surface area contributed by atoms with E-state index in [1.54, 1.807) is 18.2 Å². The van der Waals surface area contributed by atoms with Crippen LogP contribution in [0, 0.1) is 0 Å². The molecule has 4 rings (SSSR count). The molecule has 0 N–H and O–H groups in total. The van der Waals surface area contributed by atoms with E-state index in [2.05, 4.69) is 15.9 Å². The molecule has 0 unspecified atom stereocenters. The molecule has 1 aliphatic rings. The highest BCUT2D eigenvalue weighted by atomic mass is 79.9. The molecule has 0 amide bonds. The molecule has 5 nitrogen and oxygen atoms in total. The predicted molar refractivity (Wildman–Crippen MR) is 114 cm³/mol. The van der Waals surface area contributed by atoms with E-state index in [9.17, 15) is 9.59 Å². The van der Waals surface area contributed by atoms with Crippen molar-refractivity contribution in [3.05, 3.63) is 80.6 Å². The molecule has 29 heavy (non-hydrogen) atoms. The van der Waals surface area contributed by atoms with Gasteiger partial charge in [-0.05, 0) is 55.3 Å². The van der Waals surface area contributed by atoms with Crippen LogP contribution < -0.4 is 10.4 Å². The Labute approximate surface area is 176 Å². The minimum absolute atomic E-state index is 0.406. The lowest BCUT2D eigenvalue weighted by Gasteiger charge is -2.39. The molecule has 1 aliphatic heterocycles. The molecule has 0 saturated carbocycles. The molecule has 0 aliphatic carbocycles. The normalized spacial score (nSPS) is 17.7. The quantitative estimate of drug-likeness (QED) is 0.320. The Morgan fingerprint density at radius 1 is 1.17 bits per heavy atom. The first-order valence-electron chi connectivity index (χ1n) is 9.20. The molecule has 3 aromatic rings. The van der Waals surface area contributed by atoms with Crippen molar-refractivity contribution >= 4 is 38.9 Å². The summed E-state index contributed by atoms with van der Waals surface area (Å²) in [6.07, 6.45) is 3.19. The molecular weight excluding hydrogens is 436 g/mol. The van der Waals surface area contributed by atoms with Crippen molar-refractivity contribution in [3.63, 3.8) is 0 Å². The Bertz CT molecular complexity index is 1160. The standard InChI is InChI=1S/C23H19BrO5/c1-23(2)20(28-22(26)9-5-14-3-7-17(24)8-4-14)12-16-11-15-6-10-21(25)27-18(15)13-19(16)29-23/h3-11,13,20H,12H2,1-2H3/t20-/m1/s1. The maximum atomic E-state index is 12.4. The van der Waals surface area contributed by atoms with Crippen LogP contribution in [0.5, 0.6) is 5.75 Å². The largest absolute Gasteiger partial charge is 0.484 e. The van der Waals surface area contributed by atoms with Gasteiger partial charge in [-0.2, -0.15) is 0 Å². The second kappa shape index (κ2) is 7.52. The molecular formula is C23H19BrO5. The molecule has 0 radical (unpaired) electrons. The molecule has 2 heterocycles. The third-order valence-corrected chi connectivity index (χ3v) is 5.43. The highest BCUT2D eigenvalue weighted by molar-refractivity contribution is 9.10. The summed E-state index contributed by atoms with van der Waals surface area (Å²) >= 11 is 3.38. The Morgan fingerprint density at radius 3 is 2.69 bits per heavy atom. The van der Waals surface area contributed by atoms with E-state index in [4.69, 9.17) is 13.9 Å². The van der Waals surface area contributed by atoms with Crippen molar-refractivity contribution in [3.8, 4) is 5.75 Å². The summed E-state index contributed by atoms with van der Waals surface area (Å²) in [7, 11) is 0. The SMILES string of the molecule is CC1(C)Oc2cc3oc(=O)ccc3cc2C[C@H]1OC(=O)C=Cc1ccc(Br)cc1. The first-order valence-corrected chi connectivity index (χ1v) is 9.99. The fourth-order valence-corrected chi connectivity index (χ4v) is 3.56. The van der Waals surface area contributed by atoms with Crippen LogP contribution in [0.15, 0.2) is 68.3 Å². The van der Waals surface area contributed by atoms with Crippen LogP contribution in [0.25, 0.3) is 17.0 Å². The van der Waals surface area contributed by atoms with Crippen molar-refractivity contribution in [2.75, 3.05) is 0 Å². The van der Waals surface area contributed by atoms with Crippen molar-refractivity contribution in [1.29, 1.82) is 0 Å². The Balaban J connectivity index is 1.54. The summed E-state index contributed by atoms with van der Waals surface area (Å²) < 4.78 is 18.0. The third kappa shape index (κ3) is 4.27. The topological polar surface area (TPSA) is 65.7 Å². The third-order valence-electron chi connectivity index (χ3n) is 4.90. The number of hydrogen-bond donors (Lipinski definition) is 0. The van der Waals surface area contributed by atoms with Crippen LogP contribution in [-0.4, -0.2) is 17.7 Å². The lowest BCUT2D eigenvalue weighted by atomic mass is 9.90. The van der Waals surface area contributed by atoms with Crippen molar-refractivity contribution in [2.45, 2.75) is 32.0 Å². The average molecular weight is 455 g/mol. The molecule has 0 spiro atoms. The fourth-order valence-electron chi connectivity index (χ4n) is 3.29. The van der Waals surface area contributed by atoms with Gasteiger partial charge in [0.15, 0.2) is 0 Å². The molecule has 1 aromatic heterocycles. The second-order valence-electron chi connectivity index (χ2n) is 7.47. The van der Waals surface area contributed by atoms with Gasteiger partial charge in [0.05, 0.1) is 0 Å². The van der Waals surface area contributed by atoms with Crippen LogP contribution >= 0.6 is 15.9 Å². The first-order chi connectivity index (χ1) is 13.8. The maximum absolute atomic E-state index is 12.4. The summed E-state index contributed by atoms with van der Waals surface area (Å²) in [4.78, 5) is 23.8. The highest BCUT2D eigenvalue weighted by Gasteiger charge is 2.39. The molecule has 0 bridgehead atoms. The number of carbonyl (C=O) groups excluding carboxylic acids is 1. The van der Waals surface area contributed by atoms with Gasteiger partial charge in [0.1, 0.15) is 23.0 Å². The van der Waals surface area contributed by atoms with Crippen LogP contribution in [0.1, 0.15) is 25.0 Å². The minimum Gasteiger partial charge on any atom is -0.484 e. The van der Waals surface area contributed by atoms with E-state index in [0.29, 0.717) is 17.8 Å². The number of rotatable bonds is 3. The number of ether oxygens (including phenoxy) is 2. The van der Waals surface area contributed by atoms with Gasteiger partial charge in [-0.15, -0.1) is 0 Å². The Hall–Kier alpha value is -2.86. The fraction of sp³-hybridized carbons (Fsp3) is 0.217. The average Bonchev–Trinajstić information content (AvgIpc) is 2.66. The molecule has 0 fully saturated rings. The molecule has 0 saturated heterocycles. The molecule has 1 atom stereocenters. The van der Waals surface area contributed by atoms with E-state index < -0.39 is 23.3 Å². The van der Waals surface area contributed by atoms with Gasteiger partial charge in [-0.25, -0.2) is 9.59 Å². The number of benzene rings is 2.